The van der Waals surface area contributed by atoms with Crippen LogP contribution in [-0.4, -0.2) is 17.5 Å². The quantitative estimate of drug-likeness (QED) is 0.720. The van der Waals surface area contributed by atoms with E-state index < -0.39 is 0 Å². The fraction of sp³-hybridized carbons (Fsp3) is 0.188. The van der Waals surface area contributed by atoms with Crippen LogP contribution in [0.4, 0.5) is 0 Å². The SMILES string of the molecule is O=C1c2ccccc2C2c3ccccc3COCN12. The van der Waals surface area contributed by atoms with E-state index in [2.05, 4.69) is 12.1 Å². The molecule has 2 aromatic carbocycles. The van der Waals surface area contributed by atoms with Crippen molar-refractivity contribution < 1.29 is 9.53 Å². The second kappa shape index (κ2) is 3.93. The molecule has 3 nitrogen and oxygen atoms in total. The highest BCUT2D eigenvalue weighted by Crippen LogP contribution is 2.40. The van der Waals surface area contributed by atoms with Gasteiger partial charge >= 0.3 is 0 Å². The number of hydrogen-bond acceptors (Lipinski definition) is 2. The van der Waals surface area contributed by atoms with Crippen molar-refractivity contribution in [1.29, 1.82) is 0 Å². The molecule has 2 aliphatic rings. The molecule has 0 saturated heterocycles. The monoisotopic (exact) mass is 251 g/mol. The van der Waals surface area contributed by atoms with E-state index in [1.54, 1.807) is 0 Å². The third-order valence-corrected chi connectivity index (χ3v) is 3.90. The zero-order valence-corrected chi connectivity index (χ0v) is 10.4. The molecule has 0 N–H and O–H groups in total. The fourth-order valence-electron chi connectivity index (χ4n) is 3.03. The van der Waals surface area contributed by atoms with E-state index >= 15 is 0 Å². The molecule has 0 fully saturated rings. The molecule has 0 aromatic heterocycles. The maximum atomic E-state index is 12.4. The lowest BCUT2D eigenvalue weighted by atomic mass is 9.94. The summed E-state index contributed by atoms with van der Waals surface area (Å²) in [7, 11) is 0. The summed E-state index contributed by atoms with van der Waals surface area (Å²) in [6, 6.07) is 16.0. The largest absolute Gasteiger partial charge is 0.356 e. The molecule has 2 heterocycles. The molecular formula is C16H13NO2. The highest BCUT2D eigenvalue weighted by atomic mass is 16.5. The summed E-state index contributed by atoms with van der Waals surface area (Å²) in [5.74, 6) is 0.0669. The molecule has 4 rings (SSSR count). The molecule has 2 aromatic rings. The Balaban J connectivity index is 1.97. The molecule has 0 spiro atoms. The van der Waals surface area contributed by atoms with Gasteiger partial charge in [0.25, 0.3) is 5.91 Å². The topological polar surface area (TPSA) is 29.5 Å². The van der Waals surface area contributed by atoms with Crippen LogP contribution >= 0.6 is 0 Å². The van der Waals surface area contributed by atoms with E-state index in [0.29, 0.717) is 13.3 Å². The Bertz CT molecular complexity index is 665. The zero-order valence-electron chi connectivity index (χ0n) is 10.4. The molecule has 1 amide bonds. The number of carbonyl (C=O) groups is 1. The average Bonchev–Trinajstić information content (AvgIpc) is 2.62. The van der Waals surface area contributed by atoms with Gasteiger partial charge in [-0.25, -0.2) is 0 Å². The summed E-state index contributed by atoms with van der Waals surface area (Å²) >= 11 is 0. The Labute approximate surface area is 111 Å². The van der Waals surface area contributed by atoms with E-state index in [1.165, 1.54) is 11.1 Å². The number of ether oxygens (including phenoxy) is 1. The standard InChI is InChI=1S/C16H13NO2/c18-16-14-8-4-3-7-13(14)15-12-6-2-1-5-11(12)9-19-10-17(15)16/h1-8,15H,9-10H2. The van der Waals surface area contributed by atoms with Crippen molar-refractivity contribution in [3.63, 3.8) is 0 Å². The van der Waals surface area contributed by atoms with Crippen molar-refractivity contribution in [2.45, 2.75) is 12.6 Å². The highest BCUT2D eigenvalue weighted by molar-refractivity contribution is 5.99. The van der Waals surface area contributed by atoms with E-state index in [9.17, 15) is 4.79 Å². The van der Waals surface area contributed by atoms with E-state index in [0.717, 1.165) is 11.1 Å². The van der Waals surface area contributed by atoms with Crippen molar-refractivity contribution in [2.24, 2.45) is 0 Å². The molecule has 1 unspecified atom stereocenters. The van der Waals surface area contributed by atoms with Gasteiger partial charge in [-0.3, -0.25) is 4.79 Å². The van der Waals surface area contributed by atoms with Gasteiger partial charge in [0.2, 0.25) is 0 Å². The van der Waals surface area contributed by atoms with Crippen LogP contribution in [0.3, 0.4) is 0 Å². The molecule has 2 aliphatic heterocycles. The number of carbonyl (C=O) groups excluding carboxylic acids is 1. The van der Waals surface area contributed by atoms with Crippen LogP contribution in [0.1, 0.15) is 33.1 Å². The van der Waals surface area contributed by atoms with E-state index in [4.69, 9.17) is 4.74 Å². The fourth-order valence-corrected chi connectivity index (χ4v) is 3.03. The molecule has 19 heavy (non-hydrogen) atoms. The first-order chi connectivity index (χ1) is 9.36. The van der Waals surface area contributed by atoms with Gasteiger partial charge in [0.15, 0.2) is 0 Å². The van der Waals surface area contributed by atoms with Gasteiger partial charge in [0, 0.05) is 5.56 Å². The Morgan fingerprint density at radius 1 is 1.00 bits per heavy atom. The summed E-state index contributed by atoms with van der Waals surface area (Å²) in [6.45, 7) is 0.922. The predicted molar refractivity (Wildman–Crippen MR) is 70.6 cm³/mol. The van der Waals surface area contributed by atoms with Gasteiger partial charge in [0.05, 0.1) is 12.6 Å². The number of hydrogen-bond donors (Lipinski definition) is 0. The minimum atomic E-state index is 0.00222. The normalized spacial score (nSPS) is 20.5. The molecule has 0 bridgehead atoms. The minimum Gasteiger partial charge on any atom is -0.356 e. The van der Waals surface area contributed by atoms with Gasteiger partial charge < -0.3 is 9.64 Å². The van der Waals surface area contributed by atoms with Gasteiger partial charge in [-0.2, -0.15) is 0 Å². The maximum absolute atomic E-state index is 12.4. The Morgan fingerprint density at radius 3 is 2.63 bits per heavy atom. The average molecular weight is 251 g/mol. The lowest BCUT2D eigenvalue weighted by molar-refractivity contribution is 0.0194. The van der Waals surface area contributed by atoms with Gasteiger partial charge in [0.1, 0.15) is 6.73 Å². The lowest BCUT2D eigenvalue weighted by Crippen LogP contribution is -2.29. The second-order valence-electron chi connectivity index (χ2n) is 4.94. The summed E-state index contributed by atoms with van der Waals surface area (Å²) in [5.41, 5.74) is 4.23. The molecule has 0 saturated carbocycles. The lowest BCUT2D eigenvalue weighted by Gasteiger charge is -2.23. The summed E-state index contributed by atoms with van der Waals surface area (Å²) < 4.78 is 5.64. The van der Waals surface area contributed by atoms with Crippen molar-refractivity contribution >= 4 is 5.91 Å². The first-order valence-electron chi connectivity index (χ1n) is 6.42. The van der Waals surface area contributed by atoms with Crippen LogP contribution in [0.5, 0.6) is 0 Å². The molecule has 94 valence electrons. The van der Waals surface area contributed by atoms with E-state index in [1.807, 2.05) is 41.3 Å². The first kappa shape index (κ1) is 10.8. The van der Waals surface area contributed by atoms with Crippen LogP contribution in [0.15, 0.2) is 48.5 Å². The van der Waals surface area contributed by atoms with Crippen LogP contribution in [0, 0.1) is 0 Å². The predicted octanol–water partition coefficient (Wildman–Crippen LogP) is 2.72. The minimum absolute atomic E-state index is 0.00222. The molecule has 3 heteroatoms. The van der Waals surface area contributed by atoms with Crippen LogP contribution in [0.25, 0.3) is 0 Å². The maximum Gasteiger partial charge on any atom is 0.256 e. The van der Waals surface area contributed by atoms with Gasteiger partial charge in [-0.05, 0) is 22.8 Å². The van der Waals surface area contributed by atoms with Gasteiger partial charge in [-0.15, -0.1) is 0 Å². The third kappa shape index (κ3) is 1.45. The third-order valence-electron chi connectivity index (χ3n) is 3.90. The Morgan fingerprint density at radius 2 is 1.74 bits per heavy atom. The number of rotatable bonds is 0. The smallest absolute Gasteiger partial charge is 0.256 e. The van der Waals surface area contributed by atoms with Crippen LogP contribution in [0.2, 0.25) is 0 Å². The van der Waals surface area contributed by atoms with Crippen molar-refractivity contribution in [1.82, 2.24) is 4.90 Å². The van der Waals surface area contributed by atoms with Crippen molar-refractivity contribution in [3.8, 4) is 0 Å². The highest BCUT2D eigenvalue weighted by Gasteiger charge is 2.39. The molecular weight excluding hydrogens is 238 g/mol. The van der Waals surface area contributed by atoms with Crippen molar-refractivity contribution in [3.05, 3.63) is 70.8 Å². The second-order valence-corrected chi connectivity index (χ2v) is 4.94. The molecule has 0 radical (unpaired) electrons. The summed E-state index contributed by atoms with van der Waals surface area (Å²) in [5, 5.41) is 0. The molecule has 1 atom stereocenters. The van der Waals surface area contributed by atoms with Crippen LogP contribution < -0.4 is 0 Å². The van der Waals surface area contributed by atoms with Crippen molar-refractivity contribution in [2.75, 3.05) is 6.73 Å². The molecule has 0 aliphatic carbocycles. The summed E-state index contributed by atoms with van der Waals surface area (Å²) in [6.07, 6.45) is 0. The van der Waals surface area contributed by atoms with Gasteiger partial charge in [-0.1, -0.05) is 42.5 Å². The summed E-state index contributed by atoms with van der Waals surface area (Å²) in [4.78, 5) is 14.3. The number of benzene rings is 2. The first-order valence-corrected chi connectivity index (χ1v) is 6.42. The Kier molecular flexibility index (Phi) is 2.23. The van der Waals surface area contributed by atoms with E-state index in [-0.39, 0.29) is 11.9 Å². The number of nitrogens with zero attached hydrogens (tertiary/aromatic N) is 1. The number of amides is 1. The Hall–Kier alpha value is -2.13. The van der Waals surface area contributed by atoms with Crippen LogP contribution in [-0.2, 0) is 11.3 Å². The number of fused-ring (bicyclic) bond motifs is 5. The zero-order chi connectivity index (χ0) is 12.8.